The maximum Gasteiger partial charge on any atom is 0.234 e. The van der Waals surface area contributed by atoms with E-state index in [1.807, 2.05) is 13.8 Å². The fraction of sp³-hybridized carbons (Fsp3) is 0.750. The average molecular weight is 298 g/mol. The summed E-state index contributed by atoms with van der Waals surface area (Å²) in [6.07, 6.45) is 0.540. The topological polar surface area (TPSA) is 70.8 Å². The van der Waals surface area contributed by atoms with Crippen molar-refractivity contribution in [1.29, 1.82) is 0 Å². The van der Waals surface area contributed by atoms with Gasteiger partial charge in [0.15, 0.2) is 10.8 Å². The first-order valence-electron chi connectivity index (χ1n) is 6.86. The van der Waals surface area contributed by atoms with Gasteiger partial charge in [-0.05, 0) is 20.3 Å². The Balaban J connectivity index is 1.89. The van der Waals surface area contributed by atoms with Crippen molar-refractivity contribution in [3.8, 4) is 0 Å². The molecule has 1 aliphatic rings. The van der Waals surface area contributed by atoms with E-state index < -0.39 is 6.29 Å². The maximum atomic E-state index is 5.57. The molecule has 0 amide bonds. The normalized spacial score (nSPS) is 19.4. The fourth-order valence-corrected chi connectivity index (χ4v) is 3.07. The molecule has 0 N–H and O–H groups in total. The van der Waals surface area contributed by atoms with Gasteiger partial charge in [0.1, 0.15) is 0 Å². The third-order valence-electron chi connectivity index (χ3n) is 3.16. The Bertz CT molecular complexity index is 558. The lowest BCUT2D eigenvalue weighted by Gasteiger charge is -2.13. The lowest BCUT2D eigenvalue weighted by atomic mass is 10.1. The zero-order valence-electron chi connectivity index (χ0n) is 11.6. The van der Waals surface area contributed by atoms with Crippen LogP contribution in [0, 0.1) is 0 Å². The predicted octanol–water partition coefficient (Wildman–Crippen LogP) is 1.76. The summed E-state index contributed by atoms with van der Waals surface area (Å²) in [4.78, 5) is 0.770. The van der Waals surface area contributed by atoms with E-state index in [2.05, 4.69) is 15.3 Å². The SMILES string of the molecule is CCOC(OCC)c1nn2c(C3CCOC3)nnc2s1. The first kappa shape index (κ1) is 13.9. The van der Waals surface area contributed by atoms with Crippen molar-refractivity contribution in [2.45, 2.75) is 32.5 Å². The van der Waals surface area contributed by atoms with E-state index >= 15 is 0 Å². The van der Waals surface area contributed by atoms with E-state index in [1.54, 1.807) is 4.52 Å². The smallest absolute Gasteiger partial charge is 0.234 e. The number of hydrogen-bond donors (Lipinski definition) is 0. The van der Waals surface area contributed by atoms with Crippen LogP contribution >= 0.6 is 11.3 Å². The summed E-state index contributed by atoms with van der Waals surface area (Å²) in [5.41, 5.74) is 0. The van der Waals surface area contributed by atoms with Crippen molar-refractivity contribution in [2.24, 2.45) is 0 Å². The van der Waals surface area contributed by atoms with Crippen molar-refractivity contribution >= 4 is 16.3 Å². The molecular formula is C12H18N4O3S. The number of ether oxygens (including phenoxy) is 3. The molecule has 3 heterocycles. The summed E-state index contributed by atoms with van der Waals surface area (Å²) < 4.78 is 18.3. The van der Waals surface area contributed by atoms with Gasteiger partial charge in [-0.3, -0.25) is 0 Å². The molecule has 0 saturated carbocycles. The molecule has 1 saturated heterocycles. The molecule has 0 radical (unpaired) electrons. The predicted molar refractivity (Wildman–Crippen MR) is 72.8 cm³/mol. The van der Waals surface area contributed by atoms with Gasteiger partial charge in [-0.1, -0.05) is 11.3 Å². The summed E-state index contributed by atoms with van der Waals surface area (Å²) in [6, 6.07) is 0. The second kappa shape index (κ2) is 6.13. The fourth-order valence-electron chi connectivity index (χ4n) is 2.23. The second-order valence-corrected chi connectivity index (χ2v) is 5.48. The quantitative estimate of drug-likeness (QED) is 0.757. The Morgan fingerprint density at radius 3 is 2.80 bits per heavy atom. The van der Waals surface area contributed by atoms with E-state index in [0.717, 1.165) is 28.8 Å². The molecule has 0 bridgehead atoms. The standard InChI is InChI=1S/C12H18N4O3S/c1-3-18-11(19-4-2)10-15-16-9(8-5-6-17-7-8)13-14-12(16)20-10/h8,11H,3-7H2,1-2H3. The average Bonchev–Trinajstić information content (AvgIpc) is 3.14. The second-order valence-electron chi connectivity index (χ2n) is 4.50. The summed E-state index contributed by atoms with van der Waals surface area (Å²) in [6.45, 7) is 6.49. The molecule has 0 spiro atoms. The lowest BCUT2D eigenvalue weighted by Crippen LogP contribution is -2.10. The molecule has 3 rings (SSSR count). The Labute approximate surface area is 120 Å². The van der Waals surface area contributed by atoms with Gasteiger partial charge >= 0.3 is 0 Å². The number of rotatable bonds is 6. The minimum Gasteiger partial charge on any atom is -0.381 e. The molecular weight excluding hydrogens is 280 g/mol. The highest BCUT2D eigenvalue weighted by atomic mass is 32.1. The van der Waals surface area contributed by atoms with Crippen LogP contribution in [0.5, 0.6) is 0 Å². The van der Waals surface area contributed by atoms with E-state index in [1.165, 1.54) is 11.3 Å². The molecule has 1 unspecified atom stereocenters. The largest absolute Gasteiger partial charge is 0.381 e. The van der Waals surface area contributed by atoms with E-state index in [0.29, 0.717) is 19.8 Å². The molecule has 1 fully saturated rings. The Morgan fingerprint density at radius 2 is 2.15 bits per heavy atom. The highest BCUT2D eigenvalue weighted by Gasteiger charge is 2.26. The number of aromatic nitrogens is 4. The number of nitrogens with zero attached hydrogens (tertiary/aromatic N) is 4. The summed E-state index contributed by atoms with van der Waals surface area (Å²) in [5, 5.41) is 13.8. The molecule has 110 valence electrons. The lowest BCUT2D eigenvalue weighted by molar-refractivity contribution is -0.140. The molecule has 20 heavy (non-hydrogen) atoms. The van der Waals surface area contributed by atoms with Gasteiger partial charge in [-0.25, -0.2) is 0 Å². The van der Waals surface area contributed by atoms with Crippen LogP contribution in [0.3, 0.4) is 0 Å². The third-order valence-corrected chi connectivity index (χ3v) is 4.08. The van der Waals surface area contributed by atoms with Gasteiger partial charge < -0.3 is 14.2 Å². The van der Waals surface area contributed by atoms with Gasteiger partial charge in [-0.2, -0.15) is 9.61 Å². The van der Waals surface area contributed by atoms with E-state index in [-0.39, 0.29) is 5.92 Å². The molecule has 0 aromatic carbocycles. The molecule has 7 nitrogen and oxygen atoms in total. The van der Waals surface area contributed by atoms with Gasteiger partial charge in [0.05, 0.1) is 6.61 Å². The van der Waals surface area contributed by atoms with Crippen LogP contribution in [0.1, 0.15) is 43.3 Å². The van der Waals surface area contributed by atoms with Crippen LogP contribution in [0.2, 0.25) is 0 Å². The van der Waals surface area contributed by atoms with Gasteiger partial charge in [0.2, 0.25) is 11.3 Å². The van der Waals surface area contributed by atoms with Crippen molar-refractivity contribution < 1.29 is 14.2 Å². The Morgan fingerprint density at radius 1 is 1.35 bits per heavy atom. The first-order valence-corrected chi connectivity index (χ1v) is 7.68. The van der Waals surface area contributed by atoms with Crippen LogP contribution in [-0.2, 0) is 14.2 Å². The van der Waals surface area contributed by atoms with Crippen molar-refractivity contribution in [1.82, 2.24) is 19.8 Å². The van der Waals surface area contributed by atoms with Crippen molar-refractivity contribution in [2.75, 3.05) is 26.4 Å². The molecule has 1 aliphatic heterocycles. The number of hydrogen-bond acceptors (Lipinski definition) is 7. The van der Waals surface area contributed by atoms with Crippen LogP contribution in [0.15, 0.2) is 0 Å². The van der Waals surface area contributed by atoms with E-state index in [4.69, 9.17) is 14.2 Å². The molecule has 2 aromatic rings. The molecule has 0 aliphatic carbocycles. The number of fused-ring (bicyclic) bond motifs is 1. The minimum atomic E-state index is -0.427. The molecule has 8 heteroatoms. The van der Waals surface area contributed by atoms with Gasteiger partial charge in [0.25, 0.3) is 0 Å². The van der Waals surface area contributed by atoms with Gasteiger partial charge in [0, 0.05) is 25.7 Å². The molecule has 1 atom stereocenters. The molecule has 2 aromatic heterocycles. The van der Waals surface area contributed by atoms with Crippen LogP contribution in [0.4, 0.5) is 0 Å². The van der Waals surface area contributed by atoms with Gasteiger partial charge in [-0.15, -0.1) is 10.2 Å². The summed E-state index contributed by atoms with van der Waals surface area (Å²) in [7, 11) is 0. The van der Waals surface area contributed by atoms with E-state index in [9.17, 15) is 0 Å². The van der Waals surface area contributed by atoms with Crippen LogP contribution in [-0.4, -0.2) is 46.2 Å². The highest BCUT2D eigenvalue weighted by Crippen LogP contribution is 2.28. The minimum absolute atomic E-state index is 0.276. The maximum absolute atomic E-state index is 5.57. The van der Waals surface area contributed by atoms with Crippen molar-refractivity contribution in [3.63, 3.8) is 0 Å². The monoisotopic (exact) mass is 298 g/mol. The van der Waals surface area contributed by atoms with Crippen molar-refractivity contribution in [3.05, 3.63) is 10.8 Å². The first-order chi connectivity index (χ1) is 9.83. The van der Waals surface area contributed by atoms with Crippen LogP contribution < -0.4 is 0 Å². The summed E-state index contributed by atoms with van der Waals surface area (Å²) >= 11 is 1.45. The zero-order valence-corrected chi connectivity index (χ0v) is 12.4. The summed E-state index contributed by atoms with van der Waals surface area (Å²) in [5.74, 6) is 1.14. The third kappa shape index (κ3) is 2.56. The zero-order chi connectivity index (χ0) is 13.9. The Kier molecular flexibility index (Phi) is 4.25. The Hall–Kier alpha value is -1.09. The highest BCUT2D eigenvalue weighted by molar-refractivity contribution is 7.16. The van der Waals surface area contributed by atoms with Crippen LogP contribution in [0.25, 0.3) is 4.96 Å².